The Labute approximate surface area is 210 Å². The maximum absolute atomic E-state index is 13.1. The topological polar surface area (TPSA) is 84.7 Å². The second-order valence-electron chi connectivity index (χ2n) is 8.53. The zero-order chi connectivity index (χ0) is 25.6. The molecule has 0 aliphatic rings. The maximum atomic E-state index is 13.1. The van der Waals surface area contributed by atoms with E-state index in [2.05, 4.69) is 51.6 Å². The SMILES string of the molecule is [C-]#[N+]c1ccc(C(=O)Nc2c(OC)cc(Cl)cc2C(=O)Nc2ccc(C#C[Si](C)(C)C)cn2)cc1. The third kappa shape index (κ3) is 6.94. The summed E-state index contributed by atoms with van der Waals surface area (Å²) in [5.74, 6) is 2.65. The molecule has 7 nitrogen and oxygen atoms in total. The van der Waals surface area contributed by atoms with Crippen molar-refractivity contribution in [3.05, 3.63) is 87.9 Å². The minimum absolute atomic E-state index is 0.102. The van der Waals surface area contributed by atoms with Crippen LogP contribution in [0.5, 0.6) is 5.75 Å². The smallest absolute Gasteiger partial charge is 0.259 e. The molecular weight excluding hydrogens is 480 g/mol. The lowest BCUT2D eigenvalue weighted by Crippen LogP contribution is -2.19. The van der Waals surface area contributed by atoms with Gasteiger partial charge in [0.05, 0.1) is 24.9 Å². The fraction of sp³-hybridized carbons (Fsp3) is 0.154. The molecule has 0 atom stereocenters. The standard InChI is InChI=1S/C26H23ClN4O3Si/c1-28-20-9-7-18(8-10-20)25(32)31-24-21(14-19(27)15-22(24)34-2)26(33)30-23-11-6-17(16-29-23)12-13-35(3,4)5/h6-11,14-16H,2-5H3,(H,31,32)(H,29,30,33). The summed E-state index contributed by atoms with van der Waals surface area (Å²) >= 11 is 6.20. The molecule has 2 N–H and O–H groups in total. The lowest BCUT2D eigenvalue weighted by atomic mass is 10.1. The van der Waals surface area contributed by atoms with Gasteiger partial charge in [-0.3, -0.25) is 9.59 Å². The number of nitrogens with one attached hydrogen (secondary N) is 2. The van der Waals surface area contributed by atoms with E-state index in [9.17, 15) is 9.59 Å². The Morgan fingerprint density at radius 1 is 1.06 bits per heavy atom. The summed E-state index contributed by atoms with van der Waals surface area (Å²) in [6, 6.07) is 12.5. The van der Waals surface area contributed by atoms with Crippen LogP contribution in [0.15, 0.2) is 54.7 Å². The highest BCUT2D eigenvalue weighted by Crippen LogP contribution is 2.33. The van der Waals surface area contributed by atoms with Gasteiger partial charge in [0.15, 0.2) is 5.69 Å². The summed E-state index contributed by atoms with van der Waals surface area (Å²) in [4.78, 5) is 33.5. The summed E-state index contributed by atoms with van der Waals surface area (Å²) in [5.41, 5.74) is 5.01. The number of rotatable bonds is 5. The number of ether oxygens (including phenoxy) is 1. The molecule has 0 radical (unpaired) electrons. The average Bonchev–Trinajstić information content (AvgIpc) is 2.83. The number of hydrogen-bond acceptors (Lipinski definition) is 4. The monoisotopic (exact) mass is 502 g/mol. The molecule has 35 heavy (non-hydrogen) atoms. The van der Waals surface area contributed by atoms with Gasteiger partial charge in [-0.2, -0.15) is 0 Å². The van der Waals surface area contributed by atoms with E-state index in [0.717, 1.165) is 5.56 Å². The minimum Gasteiger partial charge on any atom is -0.494 e. The quantitative estimate of drug-likeness (QED) is 0.253. The van der Waals surface area contributed by atoms with Crippen molar-refractivity contribution in [1.82, 2.24) is 4.98 Å². The Morgan fingerprint density at radius 2 is 1.77 bits per heavy atom. The first-order valence-corrected chi connectivity index (χ1v) is 14.4. The molecule has 1 aromatic heterocycles. The number of hydrogen-bond donors (Lipinski definition) is 2. The van der Waals surface area contributed by atoms with E-state index in [1.807, 2.05) is 0 Å². The second-order valence-corrected chi connectivity index (χ2v) is 13.7. The Morgan fingerprint density at radius 3 is 2.34 bits per heavy atom. The number of aromatic nitrogens is 1. The first-order valence-electron chi connectivity index (χ1n) is 10.6. The fourth-order valence-corrected chi connectivity index (χ4v) is 3.64. The molecule has 0 bridgehead atoms. The van der Waals surface area contributed by atoms with E-state index in [4.69, 9.17) is 22.9 Å². The lowest BCUT2D eigenvalue weighted by molar-refractivity contribution is 0.102. The van der Waals surface area contributed by atoms with Gasteiger partial charge in [-0.1, -0.05) is 61.4 Å². The van der Waals surface area contributed by atoms with E-state index >= 15 is 0 Å². The molecular formula is C26H23ClN4O3Si. The van der Waals surface area contributed by atoms with Crippen LogP contribution in [0.3, 0.4) is 0 Å². The van der Waals surface area contributed by atoms with Crippen LogP contribution in [-0.2, 0) is 0 Å². The fourth-order valence-electron chi connectivity index (χ4n) is 2.91. The van der Waals surface area contributed by atoms with Crippen molar-refractivity contribution in [3.8, 4) is 17.2 Å². The normalized spacial score (nSPS) is 10.4. The molecule has 0 spiro atoms. The van der Waals surface area contributed by atoms with Gasteiger partial charge in [-0.05, 0) is 18.2 Å². The van der Waals surface area contributed by atoms with Crippen LogP contribution in [0.1, 0.15) is 26.3 Å². The van der Waals surface area contributed by atoms with Crippen molar-refractivity contribution >= 4 is 48.7 Å². The van der Waals surface area contributed by atoms with Crippen LogP contribution >= 0.6 is 11.6 Å². The number of halogens is 1. The molecule has 2 aromatic carbocycles. The van der Waals surface area contributed by atoms with Gasteiger partial charge in [-0.25, -0.2) is 9.83 Å². The third-order valence-electron chi connectivity index (χ3n) is 4.62. The Balaban J connectivity index is 1.87. The molecule has 0 fully saturated rings. The molecule has 3 rings (SSSR count). The highest BCUT2D eigenvalue weighted by molar-refractivity contribution is 6.83. The van der Waals surface area contributed by atoms with Gasteiger partial charge in [0, 0.05) is 28.4 Å². The number of amides is 2. The van der Waals surface area contributed by atoms with E-state index in [1.54, 1.807) is 18.3 Å². The van der Waals surface area contributed by atoms with Crippen molar-refractivity contribution in [2.24, 2.45) is 0 Å². The third-order valence-corrected chi connectivity index (χ3v) is 5.71. The van der Waals surface area contributed by atoms with Crippen molar-refractivity contribution < 1.29 is 14.3 Å². The lowest BCUT2D eigenvalue weighted by Gasteiger charge is -2.16. The number of benzene rings is 2. The van der Waals surface area contributed by atoms with Crippen molar-refractivity contribution in [2.75, 3.05) is 17.7 Å². The Hall–Kier alpha value is -4.11. The van der Waals surface area contributed by atoms with Crippen LogP contribution in [0.25, 0.3) is 4.85 Å². The van der Waals surface area contributed by atoms with Gasteiger partial charge in [0.2, 0.25) is 0 Å². The Kier molecular flexibility index (Phi) is 7.93. The van der Waals surface area contributed by atoms with Crippen LogP contribution in [0.4, 0.5) is 17.2 Å². The predicted octanol–water partition coefficient (Wildman–Crippen LogP) is 6.03. The number of anilines is 2. The average molecular weight is 503 g/mol. The first-order chi connectivity index (χ1) is 16.6. The summed E-state index contributed by atoms with van der Waals surface area (Å²) in [6.07, 6.45) is 1.59. The van der Waals surface area contributed by atoms with Gasteiger partial charge in [0.25, 0.3) is 11.8 Å². The van der Waals surface area contributed by atoms with Crippen molar-refractivity contribution in [3.63, 3.8) is 0 Å². The molecule has 0 aliphatic carbocycles. The predicted molar refractivity (Wildman–Crippen MR) is 141 cm³/mol. The summed E-state index contributed by atoms with van der Waals surface area (Å²) < 4.78 is 5.36. The molecule has 3 aromatic rings. The number of carbonyl (C=O) groups excluding carboxylic acids is 2. The molecule has 2 amide bonds. The molecule has 176 valence electrons. The largest absolute Gasteiger partial charge is 0.494 e. The number of methoxy groups -OCH3 is 1. The first kappa shape index (κ1) is 25.5. The molecule has 0 unspecified atom stereocenters. The van der Waals surface area contributed by atoms with Crippen LogP contribution in [0.2, 0.25) is 24.7 Å². The molecule has 0 saturated carbocycles. The summed E-state index contributed by atoms with van der Waals surface area (Å²) in [7, 11) is -0.106. The zero-order valence-corrected chi connectivity index (χ0v) is 21.4. The van der Waals surface area contributed by atoms with Crippen molar-refractivity contribution in [2.45, 2.75) is 19.6 Å². The van der Waals surface area contributed by atoms with Crippen LogP contribution in [-0.4, -0.2) is 32.0 Å². The van der Waals surface area contributed by atoms with Gasteiger partial charge in [-0.15, -0.1) is 5.54 Å². The minimum atomic E-state index is -1.52. The highest BCUT2D eigenvalue weighted by Gasteiger charge is 2.21. The maximum Gasteiger partial charge on any atom is 0.259 e. The zero-order valence-electron chi connectivity index (χ0n) is 19.7. The molecule has 0 saturated heterocycles. The molecule has 9 heteroatoms. The van der Waals surface area contributed by atoms with Gasteiger partial charge >= 0.3 is 0 Å². The second kappa shape index (κ2) is 10.9. The van der Waals surface area contributed by atoms with Gasteiger partial charge in [0.1, 0.15) is 19.6 Å². The highest BCUT2D eigenvalue weighted by atomic mass is 35.5. The molecule has 1 heterocycles. The van der Waals surface area contributed by atoms with E-state index in [-0.39, 0.29) is 22.0 Å². The van der Waals surface area contributed by atoms with Crippen molar-refractivity contribution in [1.29, 1.82) is 0 Å². The van der Waals surface area contributed by atoms with Gasteiger partial charge < -0.3 is 15.4 Å². The molecule has 0 aliphatic heterocycles. The van der Waals surface area contributed by atoms with Crippen LogP contribution in [0, 0.1) is 18.0 Å². The van der Waals surface area contributed by atoms with E-state index < -0.39 is 19.9 Å². The summed E-state index contributed by atoms with van der Waals surface area (Å²) in [5, 5.41) is 5.70. The number of carbonyl (C=O) groups is 2. The summed E-state index contributed by atoms with van der Waals surface area (Å²) in [6.45, 7) is 13.5. The van der Waals surface area contributed by atoms with E-state index in [1.165, 1.54) is 43.5 Å². The number of nitrogens with zero attached hydrogens (tertiary/aromatic N) is 2. The Bertz CT molecular complexity index is 1360. The van der Waals surface area contributed by atoms with Crippen LogP contribution < -0.4 is 15.4 Å². The van der Waals surface area contributed by atoms with E-state index in [0.29, 0.717) is 17.1 Å². The number of pyridine rings is 1.